The summed E-state index contributed by atoms with van der Waals surface area (Å²) in [6.07, 6.45) is 7.16. The van der Waals surface area contributed by atoms with Crippen molar-refractivity contribution in [1.29, 1.82) is 0 Å². The average molecular weight is 605 g/mol. The predicted octanol–water partition coefficient (Wildman–Crippen LogP) is 4.81. The maximum Gasteiger partial charge on any atom is 0.308 e. The first kappa shape index (κ1) is 31.9. The Morgan fingerprint density at radius 2 is 1.82 bits per heavy atom. The third-order valence-electron chi connectivity index (χ3n) is 9.37. The Hall–Kier alpha value is -3.56. The largest absolute Gasteiger partial charge is 0.494 e. The Morgan fingerprint density at radius 3 is 2.57 bits per heavy atom. The second-order valence-electron chi connectivity index (χ2n) is 12.7. The monoisotopic (exact) mass is 604 g/mol. The highest BCUT2D eigenvalue weighted by molar-refractivity contribution is 5.87. The van der Waals surface area contributed by atoms with Gasteiger partial charge in [0, 0.05) is 61.5 Å². The van der Waals surface area contributed by atoms with Crippen molar-refractivity contribution in [2.24, 2.45) is 5.92 Å². The minimum absolute atomic E-state index is 0.0648. The molecule has 0 spiro atoms. The smallest absolute Gasteiger partial charge is 0.308 e. The third-order valence-corrected chi connectivity index (χ3v) is 9.37. The number of unbranched alkanes of at least 4 members (excludes halogenated alkanes) is 2. The fraction of sp³-hybridized carbons (Fsp3) is 0.543. The van der Waals surface area contributed by atoms with Gasteiger partial charge in [-0.3, -0.25) is 14.5 Å². The molecular weight excluding hydrogens is 556 g/mol. The standard InChI is InChI=1S/C35H48N4O5/c1-4-5-17-37(18-9-8-16-36(2)3)32(40)24-39-23-29(25-12-13-31-26(21-25)15-20-44-31)33(35(42)43)30(39)14-19-38-22-27-10-6-7-11-28(27)34(38)41/h6-7,10-13,21-22,29-30,33,41H,4-5,8-9,14-20,23-24H2,1-3H3,(H,42,43)/t29-,30+,33-/m1/s1. The van der Waals surface area contributed by atoms with Gasteiger partial charge in [-0.25, -0.2) is 0 Å². The number of nitrogens with zero attached hydrogens (tertiary/aromatic N) is 4. The van der Waals surface area contributed by atoms with E-state index in [1.54, 1.807) is 0 Å². The van der Waals surface area contributed by atoms with E-state index in [0.29, 0.717) is 32.7 Å². The Labute approximate surface area is 261 Å². The molecule has 3 heterocycles. The molecule has 1 saturated heterocycles. The lowest BCUT2D eigenvalue weighted by atomic mass is 9.83. The summed E-state index contributed by atoms with van der Waals surface area (Å²) in [6.45, 7) is 6.33. The van der Waals surface area contributed by atoms with Gasteiger partial charge in [0.15, 0.2) is 5.88 Å². The number of ether oxygens (including phenoxy) is 1. The number of aromatic hydroxyl groups is 1. The van der Waals surface area contributed by atoms with E-state index in [-0.39, 0.29) is 30.3 Å². The number of aliphatic carboxylic acids is 1. The molecule has 1 fully saturated rings. The van der Waals surface area contributed by atoms with Gasteiger partial charge in [0.2, 0.25) is 5.91 Å². The van der Waals surface area contributed by atoms with Gasteiger partial charge in [-0.05, 0) is 69.6 Å². The van der Waals surface area contributed by atoms with Crippen molar-refractivity contribution in [3.63, 3.8) is 0 Å². The van der Waals surface area contributed by atoms with Crippen LogP contribution in [0.15, 0.2) is 48.7 Å². The number of benzene rings is 2. The van der Waals surface area contributed by atoms with Crippen LogP contribution in [0.1, 0.15) is 56.1 Å². The van der Waals surface area contributed by atoms with Gasteiger partial charge in [0.1, 0.15) is 5.75 Å². The molecule has 2 aromatic carbocycles. The van der Waals surface area contributed by atoms with Crippen LogP contribution in [0, 0.1) is 5.92 Å². The first-order chi connectivity index (χ1) is 21.3. The summed E-state index contributed by atoms with van der Waals surface area (Å²) in [5.41, 5.74) is 2.10. The highest BCUT2D eigenvalue weighted by Crippen LogP contribution is 2.41. The number of aryl methyl sites for hydroxylation is 1. The quantitative estimate of drug-likeness (QED) is 0.240. The van der Waals surface area contributed by atoms with Gasteiger partial charge in [-0.2, -0.15) is 0 Å². The van der Waals surface area contributed by atoms with Crippen LogP contribution >= 0.6 is 0 Å². The second kappa shape index (κ2) is 14.5. The summed E-state index contributed by atoms with van der Waals surface area (Å²) >= 11 is 0. The molecule has 1 amide bonds. The Bertz CT molecular complexity index is 1440. The minimum Gasteiger partial charge on any atom is -0.494 e. The van der Waals surface area contributed by atoms with Crippen LogP contribution in [0.2, 0.25) is 0 Å². The zero-order valence-electron chi connectivity index (χ0n) is 26.5. The van der Waals surface area contributed by atoms with Gasteiger partial charge in [0.05, 0.1) is 19.1 Å². The zero-order chi connectivity index (χ0) is 31.2. The summed E-state index contributed by atoms with van der Waals surface area (Å²) in [6, 6.07) is 13.4. The van der Waals surface area contributed by atoms with Crippen molar-refractivity contribution in [3.05, 3.63) is 59.8 Å². The van der Waals surface area contributed by atoms with Gasteiger partial charge < -0.3 is 29.3 Å². The molecule has 0 bridgehead atoms. The number of rotatable bonds is 15. The SMILES string of the molecule is CCCCN(CCCCN(C)C)C(=O)CN1C[C@H](c2ccc3c(c2)CCO3)[C@@H](C(=O)O)[C@@H]1CCn1cc2ccccc2c1O. The summed E-state index contributed by atoms with van der Waals surface area (Å²) < 4.78 is 7.52. The molecular formula is C35H48N4O5. The van der Waals surface area contributed by atoms with E-state index in [4.69, 9.17) is 4.74 Å². The number of hydrogen-bond acceptors (Lipinski definition) is 6. The fourth-order valence-electron chi connectivity index (χ4n) is 6.98. The number of carboxylic acids is 1. The van der Waals surface area contributed by atoms with Crippen molar-refractivity contribution in [2.45, 2.75) is 64.0 Å². The summed E-state index contributed by atoms with van der Waals surface area (Å²) in [5, 5.41) is 23.3. The Balaban J connectivity index is 1.39. The molecule has 9 nitrogen and oxygen atoms in total. The molecule has 2 aliphatic heterocycles. The molecule has 44 heavy (non-hydrogen) atoms. The first-order valence-corrected chi connectivity index (χ1v) is 16.2. The molecule has 0 aliphatic carbocycles. The molecule has 3 atom stereocenters. The summed E-state index contributed by atoms with van der Waals surface area (Å²) in [5.74, 6) is -0.655. The van der Waals surface area contributed by atoms with E-state index < -0.39 is 11.9 Å². The maximum atomic E-state index is 13.9. The van der Waals surface area contributed by atoms with E-state index in [1.807, 2.05) is 52.1 Å². The molecule has 3 aromatic rings. The topological polar surface area (TPSA) is 98.5 Å². The number of hydrogen-bond donors (Lipinski definition) is 2. The Kier molecular flexibility index (Phi) is 10.5. The van der Waals surface area contributed by atoms with E-state index in [0.717, 1.165) is 72.8 Å². The summed E-state index contributed by atoms with van der Waals surface area (Å²) in [7, 11) is 4.12. The van der Waals surface area contributed by atoms with Gasteiger partial charge in [-0.15, -0.1) is 0 Å². The lowest BCUT2D eigenvalue weighted by Gasteiger charge is -2.30. The summed E-state index contributed by atoms with van der Waals surface area (Å²) in [4.78, 5) is 33.1. The zero-order valence-corrected chi connectivity index (χ0v) is 26.5. The lowest BCUT2D eigenvalue weighted by molar-refractivity contribution is -0.144. The van der Waals surface area contributed by atoms with E-state index in [2.05, 4.69) is 36.9 Å². The van der Waals surface area contributed by atoms with Crippen LogP contribution in [0.4, 0.5) is 0 Å². The molecule has 2 N–H and O–H groups in total. The van der Waals surface area contributed by atoms with Crippen LogP contribution < -0.4 is 4.74 Å². The third kappa shape index (κ3) is 7.21. The van der Waals surface area contributed by atoms with Crippen LogP contribution in [0.5, 0.6) is 11.6 Å². The molecule has 0 unspecified atom stereocenters. The van der Waals surface area contributed by atoms with Crippen molar-refractivity contribution < 1.29 is 24.5 Å². The molecule has 0 saturated carbocycles. The van der Waals surface area contributed by atoms with Crippen molar-refractivity contribution in [3.8, 4) is 11.6 Å². The minimum atomic E-state index is -0.847. The average Bonchev–Trinajstić information content (AvgIpc) is 3.70. The molecule has 9 heteroatoms. The maximum absolute atomic E-state index is 13.9. The normalized spacial score (nSPS) is 19.9. The number of aromatic nitrogens is 1. The number of carbonyl (C=O) groups is 2. The molecule has 2 aliphatic rings. The number of carbonyl (C=O) groups excluding carboxylic acids is 1. The highest BCUT2D eigenvalue weighted by Gasteiger charge is 2.47. The number of carboxylic acid groups (broad SMARTS) is 1. The fourth-order valence-corrected chi connectivity index (χ4v) is 6.98. The van der Waals surface area contributed by atoms with Crippen LogP contribution in [0.3, 0.4) is 0 Å². The van der Waals surface area contributed by atoms with Crippen molar-refractivity contribution >= 4 is 22.6 Å². The molecule has 0 radical (unpaired) electrons. The highest BCUT2D eigenvalue weighted by atomic mass is 16.5. The Morgan fingerprint density at radius 1 is 1.05 bits per heavy atom. The molecule has 5 rings (SSSR count). The van der Waals surface area contributed by atoms with E-state index in [1.165, 1.54) is 0 Å². The lowest BCUT2D eigenvalue weighted by Crippen LogP contribution is -2.45. The van der Waals surface area contributed by atoms with E-state index in [9.17, 15) is 19.8 Å². The molecule has 1 aromatic heterocycles. The van der Waals surface area contributed by atoms with Crippen molar-refractivity contribution in [1.82, 2.24) is 19.3 Å². The van der Waals surface area contributed by atoms with Gasteiger partial charge in [0.25, 0.3) is 0 Å². The van der Waals surface area contributed by atoms with E-state index >= 15 is 0 Å². The van der Waals surface area contributed by atoms with Gasteiger partial charge in [-0.1, -0.05) is 43.7 Å². The second-order valence-corrected chi connectivity index (χ2v) is 12.7. The predicted molar refractivity (Wildman–Crippen MR) is 172 cm³/mol. The number of fused-ring (bicyclic) bond motifs is 2. The molecule has 238 valence electrons. The van der Waals surface area contributed by atoms with Crippen LogP contribution in [-0.2, 0) is 22.6 Å². The van der Waals surface area contributed by atoms with Crippen molar-refractivity contribution in [2.75, 3.05) is 53.4 Å². The first-order valence-electron chi connectivity index (χ1n) is 16.2. The number of likely N-dealkylation sites (tertiary alicyclic amines) is 1. The van der Waals surface area contributed by atoms with Gasteiger partial charge >= 0.3 is 5.97 Å². The van der Waals surface area contributed by atoms with Crippen LogP contribution in [0.25, 0.3) is 10.8 Å². The van der Waals surface area contributed by atoms with Crippen LogP contribution in [-0.4, -0.2) is 101 Å². The number of amides is 1.